The molecule has 2 heteroatoms. The molecule has 0 N–H and O–H groups in total. The normalized spacial score (nSPS) is 12.6. The molecule has 0 aliphatic heterocycles. The van der Waals surface area contributed by atoms with Gasteiger partial charge in [-0.3, -0.25) is 0 Å². The second kappa shape index (κ2) is 4.26. The van der Waals surface area contributed by atoms with E-state index in [0.717, 1.165) is 12.1 Å². The van der Waals surface area contributed by atoms with Gasteiger partial charge < -0.3 is 4.90 Å². The number of benzene rings is 1. The summed E-state index contributed by atoms with van der Waals surface area (Å²) >= 11 is 0. The second-order valence-corrected chi connectivity index (χ2v) is 3.34. The Morgan fingerprint density at radius 3 is 2.31 bits per heavy atom. The van der Waals surface area contributed by atoms with Gasteiger partial charge in [-0.2, -0.15) is 0 Å². The first-order valence-electron chi connectivity index (χ1n) is 4.63. The van der Waals surface area contributed by atoms with Crippen LogP contribution in [0.4, 0.5) is 10.1 Å². The zero-order chi connectivity index (χ0) is 9.84. The molecule has 1 aromatic carbocycles. The maximum atomic E-state index is 12.6. The molecule has 0 bridgehead atoms. The molecule has 0 fully saturated rings. The molecule has 72 valence electrons. The molecule has 0 saturated carbocycles. The van der Waals surface area contributed by atoms with Crippen LogP contribution in [0.25, 0.3) is 0 Å². The summed E-state index contributed by atoms with van der Waals surface area (Å²) in [6.45, 7) is 4.30. The highest BCUT2D eigenvalue weighted by molar-refractivity contribution is 5.46. The van der Waals surface area contributed by atoms with Gasteiger partial charge in [0.25, 0.3) is 0 Å². The lowest BCUT2D eigenvalue weighted by Crippen LogP contribution is -2.27. The molecule has 0 spiro atoms. The van der Waals surface area contributed by atoms with Gasteiger partial charge in [0.1, 0.15) is 5.82 Å². The van der Waals surface area contributed by atoms with E-state index in [1.807, 2.05) is 19.2 Å². The Balaban J connectivity index is 2.77. The van der Waals surface area contributed by atoms with E-state index < -0.39 is 0 Å². The molecule has 0 aliphatic carbocycles. The maximum Gasteiger partial charge on any atom is 0.123 e. The number of rotatable bonds is 3. The lowest BCUT2D eigenvalue weighted by molar-refractivity contribution is 0.625. The van der Waals surface area contributed by atoms with Crippen LogP contribution in [0.1, 0.15) is 20.3 Å². The largest absolute Gasteiger partial charge is 0.372 e. The van der Waals surface area contributed by atoms with Gasteiger partial charge in [0.05, 0.1) is 0 Å². The molecule has 1 rings (SSSR count). The fourth-order valence-electron chi connectivity index (χ4n) is 1.20. The smallest absolute Gasteiger partial charge is 0.123 e. The molecule has 1 nitrogen and oxygen atoms in total. The van der Waals surface area contributed by atoms with E-state index in [9.17, 15) is 4.39 Å². The van der Waals surface area contributed by atoms with E-state index in [4.69, 9.17) is 0 Å². The lowest BCUT2D eigenvalue weighted by Gasteiger charge is -2.25. The Morgan fingerprint density at radius 2 is 1.85 bits per heavy atom. The molecular weight excluding hydrogens is 165 g/mol. The average molecular weight is 181 g/mol. The monoisotopic (exact) mass is 181 g/mol. The standard InChI is InChI=1S/C11H16FN/c1-4-9(2)13(3)11-7-5-10(12)6-8-11/h5-9H,4H2,1-3H3. The number of anilines is 1. The molecule has 0 radical (unpaired) electrons. The van der Waals surface area contributed by atoms with Gasteiger partial charge in [0, 0.05) is 18.8 Å². The van der Waals surface area contributed by atoms with Crippen LogP contribution < -0.4 is 4.90 Å². The highest BCUT2D eigenvalue weighted by Crippen LogP contribution is 2.16. The first kappa shape index (κ1) is 10.0. The number of hydrogen-bond donors (Lipinski definition) is 0. The van der Waals surface area contributed by atoms with Crippen molar-refractivity contribution in [3.8, 4) is 0 Å². The van der Waals surface area contributed by atoms with Gasteiger partial charge in [-0.05, 0) is 37.6 Å². The fraction of sp³-hybridized carbons (Fsp3) is 0.455. The molecule has 1 unspecified atom stereocenters. The van der Waals surface area contributed by atoms with Crippen molar-refractivity contribution in [2.45, 2.75) is 26.3 Å². The van der Waals surface area contributed by atoms with Crippen molar-refractivity contribution in [2.75, 3.05) is 11.9 Å². The molecule has 0 aromatic heterocycles. The predicted octanol–water partition coefficient (Wildman–Crippen LogP) is 3.06. The molecule has 0 heterocycles. The highest BCUT2D eigenvalue weighted by atomic mass is 19.1. The minimum atomic E-state index is -0.179. The highest BCUT2D eigenvalue weighted by Gasteiger charge is 2.06. The molecule has 1 aromatic rings. The quantitative estimate of drug-likeness (QED) is 0.692. The summed E-state index contributed by atoms with van der Waals surface area (Å²) in [6.07, 6.45) is 1.09. The van der Waals surface area contributed by atoms with Crippen molar-refractivity contribution in [1.29, 1.82) is 0 Å². The van der Waals surface area contributed by atoms with Gasteiger partial charge in [-0.15, -0.1) is 0 Å². The van der Waals surface area contributed by atoms with Crippen molar-refractivity contribution >= 4 is 5.69 Å². The summed E-state index contributed by atoms with van der Waals surface area (Å²) in [5, 5.41) is 0. The van der Waals surface area contributed by atoms with Crippen LogP contribution >= 0.6 is 0 Å². The van der Waals surface area contributed by atoms with Crippen LogP contribution in [0.3, 0.4) is 0 Å². The molecule has 1 atom stereocenters. The van der Waals surface area contributed by atoms with Gasteiger partial charge in [-0.1, -0.05) is 6.92 Å². The van der Waals surface area contributed by atoms with Crippen molar-refractivity contribution in [1.82, 2.24) is 0 Å². The lowest BCUT2D eigenvalue weighted by atomic mass is 10.2. The minimum absolute atomic E-state index is 0.179. The van der Waals surface area contributed by atoms with Gasteiger partial charge >= 0.3 is 0 Å². The number of halogens is 1. The maximum absolute atomic E-state index is 12.6. The summed E-state index contributed by atoms with van der Waals surface area (Å²) in [7, 11) is 2.03. The summed E-state index contributed by atoms with van der Waals surface area (Å²) in [6, 6.07) is 7.09. The average Bonchev–Trinajstić information content (AvgIpc) is 2.17. The van der Waals surface area contributed by atoms with E-state index in [-0.39, 0.29) is 5.82 Å². The van der Waals surface area contributed by atoms with Crippen LogP contribution in [0.15, 0.2) is 24.3 Å². The Labute approximate surface area is 79.2 Å². The Bertz CT molecular complexity index is 255. The van der Waals surface area contributed by atoms with Crippen LogP contribution in [-0.2, 0) is 0 Å². The third-order valence-electron chi connectivity index (χ3n) is 2.49. The third kappa shape index (κ3) is 2.44. The second-order valence-electron chi connectivity index (χ2n) is 3.34. The van der Waals surface area contributed by atoms with E-state index in [1.165, 1.54) is 12.1 Å². The van der Waals surface area contributed by atoms with Crippen molar-refractivity contribution in [3.63, 3.8) is 0 Å². The van der Waals surface area contributed by atoms with Crippen molar-refractivity contribution < 1.29 is 4.39 Å². The summed E-state index contributed by atoms with van der Waals surface area (Å²) in [5.74, 6) is -0.179. The predicted molar refractivity (Wildman–Crippen MR) is 54.6 cm³/mol. The Morgan fingerprint density at radius 1 is 1.31 bits per heavy atom. The summed E-state index contributed by atoms with van der Waals surface area (Å²) in [4.78, 5) is 2.15. The van der Waals surface area contributed by atoms with Gasteiger partial charge in [0.15, 0.2) is 0 Å². The first-order chi connectivity index (χ1) is 6.15. The Hall–Kier alpha value is -1.05. The van der Waals surface area contributed by atoms with Crippen molar-refractivity contribution in [2.24, 2.45) is 0 Å². The topological polar surface area (TPSA) is 3.24 Å². The number of nitrogens with zero attached hydrogens (tertiary/aromatic N) is 1. The fourth-order valence-corrected chi connectivity index (χ4v) is 1.20. The van der Waals surface area contributed by atoms with Crippen LogP contribution in [0.5, 0.6) is 0 Å². The SMILES string of the molecule is CCC(C)N(C)c1ccc(F)cc1. The first-order valence-corrected chi connectivity index (χ1v) is 4.63. The van der Waals surface area contributed by atoms with E-state index in [1.54, 1.807) is 0 Å². The van der Waals surface area contributed by atoms with Crippen LogP contribution in [0.2, 0.25) is 0 Å². The van der Waals surface area contributed by atoms with E-state index in [0.29, 0.717) is 6.04 Å². The van der Waals surface area contributed by atoms with Gasteiger partial charge in [0.2, 0.25) is 0 Å². The molecular formula is C11H16FN. The summed E-state index contributed by atoms with van der Waals surface area (Å²) in [5.41, 5.74) is 1.07. The zero-order valence-corrected chi connectivity index (χ0v) is 8.42. The van der Waals surface area contributed by atoms with Crippen molar-refractivity contribution in [3.05, 3.63) is 30.1 Å². The zero-order valence-electron chi connectivity index (χ0n) is 8.42. The van der Waals surface area contributed by atoms with Gasteiger partial charge in [-0.25, -0.2) is 4.39 Å². The third-order valence-corrected chi connectivity index (χ3v) is 2.49. The molecule has 13 heavy (non-hydrogen) atoms. The number of hydrogen-bond acceptors (Lipinski definition) is 1. The van der Waals surface area contributed by atoms with Crippen LogP contribution in [0, 0.1) is 5.82 Å². The molecule has 0 amide bonds. The minimum Gasteiger partial charge on any atom is -0.372 e. The Kier molecular flexibility index (Phi) is 3.29. The molecule has 0 saturated heterocycles. The summed E-state index contributed by atoms with van der Waals surface area (Å²) < 4.78 is 12.6. The van der Waals surface area contributed by atoms with E-state index >= 15 is 0 Å². The molecule has 0 aliphatic rings. The van der Waals surface area contributed by atoms with E-state index in [2.05, 4.69) is 18.7 Å². The van der Waals surface area contributed by atoms with Crippen LogP contribution in [-0.4, -0.2) is 13.1 Å².